The van der Waals surface area contributed by atoms with Gasteiger partial charge in [-0.05, 0) is 30.7 Å². The lowest BCUT2D eigenvalue weighted by Crippen LogP contribution is -2.18. The van der Waals surface area contributed by atoms with Gasteiger partial charge in [-0.15, -0.1) is 0 Å². The molecule has 0 bridgehead atoms. The fourth-order valence-electron chi connectivity index (χ4n) is 1.44. The van der Waals surface area contributed by atoms with E-state index in [1.54, 1.807) is 6.92 Å². The molecule has 116 valence electrons. The van der Waals surface area contributed by atoms with Crippen LogP contribution >= 0.6 is 0 Å². The highest BCUT2D eigenvalue weighted by molar-refractivity contribution is 5.85. The molecule has 0 fully saturated rings. The number of halogens is 3. The number of ether oxygens (including phenoxy) is 2. The van der Waals surface area contributed by atoms with E-state index in [-0.39, 0.29) is 24.0 Å². The molecular weight excluding hydrogens is 289 g/mol. The highest BCUT2D eigenvalue weighted by Gasteiger charge is 2.34. The maximum absolute atomic E-state index is 13.0. The van der Waals surface area contributed by atoms with Crippen molar-refractivity contribution in [2.24, 2.45) is 0 Å². The second kappa shape index (κ2) is 7.12. The van der Waals surface area contributed by atoms with Gasteiger partial charge in [0.05, 0.1) is 11.7 Å². The third-order valence-electron chi connectivity index (χ3n) is 2.60. The smallest absolute Gasteiger partial charge is 0.419 e. The molecule has 4 nitrogen and oxygen atoms in total. The van der Waals surface area contributed by atoms with E-state index in [1.807, 2.05) is 0 Å². The summed E-state index contributed by atoms with van der Waals surface area (Å²) in [5.74, 6) is -1.56. The molecule has 0 spiro atoms. The van der Waals surface area contributed by atoms with Crippen LogP contribution in [0.4, 0.5) is 13.2 Å². The Bertz CT molecular complexity index is 523. The maximum atomic E-state index is 13.0. The molecular formula is C14H15F3O4. The fourth-order valence-corrected chi connectivity index (χ4v) is 1.44. The van der Waals surface area contributed by atoms with Crippen molar-refractivity contribution in [1.82, 2.24) is 0 Å². The molecule has 0 heterocycles. The molecule has 0 saturated carbocycles. The van der Waals surface area contributed by atoms with Crippen molar-refractivity contribution in [2.45, 2.75) is 19.2 Å². The average Bonchev–Trinajstić information content (AvgIpc) is 2.41. The van der Waals surface area contributed by atoms with Gasteiger partial charge in [0.1, 0.15) is 12.4 Å². The molecule has 21 heavy (non-hydrogen) atoms. The molecule has 1 atom stereocenters. The molecule has 1 aromatic rings. The fraction of sp³-hybridized carbons (Fsp3) is 0.357. The molecule has 1 aromatic carbocycles. The summed E-state index contributed by atoms with van der Waals surface area (Å²) in [6, 6.07) is 3.35. The minimum atomic E-state index is -4.60. The zero-order valence-corrected chi connectivity index (χ0v) is 11.5. The number of carboxylic acids is 1. The van der Waals surface area contributed by atoms with E-state index in [4.69, 9.17) is 14.6 Å². The minimum Gasteiger partial charge on any atom is -0.490 e. The first-order valence-electron chi connectivity index (χ1n) is 6.02. The summed E-state index contributed by atoms with van der Waals surface area (Å²) in [6.45, 7) is 1.64. The second-order valence-corrected chi connectivity index (χ2v) is 4.28. The third kappa shape index (κ3) is 5.47. The van der Waals surface area contributed by atoms with Crippen LogP contribution in [0, 0.1) is 0 Å². The van der Waals surface area contributed by atoms with Crippen molar-refractivity contribution in [3.05, 3.63) is 35.4 Å². The van der Waals surface area contributed by atoms with Crippen LogP contribution in [0.15, 0.2) is 24.3 Å². The van der Waals surface area contributed by atoms with E-state index in [0.717, 1.165) is 24.3 Å². The van der Waals surface area contributed by atoms with Crippen LogP contribution in [-0.2, 0) is 15.7 Å². The first kappa shape index (κ1) is 17.0. The molecule has 0 saturated heterocycles. The van der Waals surface area contributed by atoms with Crippen molar-refractivity contribution in [2.75, 3.05) is 13.7 Å². The van der Waals surface area contributed by atoms with Crippen LogP contribution < -0.4 is 4.74 Å². The number of aliphatic carboxylic acids is 1. The molecule has 0 radical (unpaired) electrons. The standard InChI is InChI=1S/C14H15F3O4/c1-9(20-2)8-21-12-5-3-10(4-6-13(18)19)7-11(12)14(15,16)17/h3-7,9H,8H2,1-2H3,(H,18,19)/b6-4+. The van der Waals surface area contributed by atoms with Gasteiger partial charge >= 0.3 is 12.1 Å². The highest BCUT2D eigenvalue weighted by atomic mass is 19.4. The Morgan fingerprint density at radius 3 is 2.62 bits per heavy atom. The Morgan fingerprint density at radius 2 is 2.10 bits per heavy atom. The molecule has 0 aliphatic rings. The highest BCUT2D eigenvalue weighted by Crippen LogP contribution is 2.37. The summed E-state index contributed by atoms with van der Waals surface area (Å²) >= 11 is 0. The van der Waals surface area contributed by atoms with Crippen molar-refractivity contribution in [3.63, 3.8) is 0 Å². The molecule has 1 rings (SSSR count). The SMILES string of the molecule is COC(C)COc1ccc(/C=C/C(=O)O)cc1C(F)(F)F. The molecule has 0 aliphatic heterocycles. The second-order valence-electron chi connectivity index (χ2n) is 4.28. The van der Waals surface area contributed by atoms with E-state index >= 15 is 0 Å². The van der Waals surface area contributed by atoms with Crippen molar-refractivity contribution in [1.29, 1.82) is 0 Å². The predicted octanol–water partition coefficient (Wildman–Crippen LogP) is 3.22. The van der Waals surface area contributed by atoms with Crippen LogP contribution in [-0.4, -0.2) is 30.9 Å². The van der Waals surface area contributed by atoms with E-state index in [0.29, 0.717) is 0 Å². The molecule has 1 N–H and O–H groups in total. The first-order valence-corrected chi connectivity index (χ1v) is 6.02. The number of benzene rings is 1. The van der Waals surface area contributed by atoms with Crippen LogP contribution in [0.2, 0.25) is 0 Å². The predicted molar refractivity (Wildman–Crippen MR) is 70.1 cm³/mol. The number of carbonyl (C=O) groups is 1. The summed E-state index contributed by atoms with van der Waals surface area (Å²) in [6.07, 6.45) is -3.10. The summed E-state index contributed by atoms with van der Waals surface area (Å²) in [4.78, 5) is 10.4. The van der Waals surface area contributed by atoms with Crippen molar-refractivity contribution < 1.29 is 32.5 Å². The van der Waals surface area contributed by atoms with E-state index < -0.39 is 17.7 Å². The molecule has 1 unspecified atom stereocenters. The third-order valence-corrected chi connectivity index (χ3v) is 2.60. The normalized spacial score (nSPS) is 13.4. The van der Waals surface area contributed by atoms with Crippen molar-refractivity contribution in [3.8, 4) is 5.75 Å². The van der Waals surface area contributed by atoms with Gasteiger partial charge in [-0.25, -0.2) is 4.79 Å². The Morgan fingerprint density at radius 1 is 1.43 bits per heavy atom. The van der Waals surface area contributed by atoms with Gasteiger partial charge in [-0.1, -0.05) is 6.07 Å². The maximum Gasteiger partial charge on any atom is 0.419 e. The molecule has 0 aliphatic carbocycles. The Kier molecular flexibility index (Phi) is 5.78. The Balaban J connectivity index is 3.05. The van der Waals surface area contributed by atoms with Gasteiger partial charge < -0.3 is 14.6 Å². The summed E-state index contributed by atoms with van der Waals surface area (Å²) in [5, 5.41) is 8.48. The van der Waals surface area contributed by atoms with E-state index in [1.165, 1.54) is 13.2 Å². The number of alkyl halides is 3. The average molecular weight is 304 g/mol. The molecule has 0 amide bonds. The zero-order valence-electron chi connectivity index (χ0n) is 11.5. The molecule has 0 aromatic heterocycles. The summed E-state index contributed by atoms with van der Waals surface area (Å²) in [5.41, 5.74) is -0.838. The number of rotatable bonds is 6. The molecule has 7 heteroatoms. The number of methoxy groups -OCH3 is 1. The zero-order chi connectivity index (χ0) is 16.0. The van der Waals surface area contributed by atoms with Crippen LogP contribution in [0.1, 0.15) is 18.1 Å². The quantitative estimate of drug-likeness (QED) is 0.820. The summed E-state index contributed by atoms with van der Waals surface area (Å²) in [7, 11) is 1.43. The van der Waals surface area contributed by atoms with E-state index in [2.05, 4.69) is 0 Å². The van der Waals surface area contributed by atoms with Crippen LogP contribution in [0.25, 0.3) is 6.08 Å². The number of hydrogen-bond donors (Lipinski definition) is 1. The van der Waals surface area contributed by atoms with Crippen LogP contribution in [0.5, 0.6) is 5.75 Å². The van der Waals surface area contributed by atoms with Gasteiger partial charge in [-0.3, -0.25) is 0 Å². The van der Waals surface area contributed by atoms with E-state index in [9.17, 15) is 18.0 Å². The van der Waals surface area contributed by atoms with Crippen LogP contribution in [0.3, 0.4) is 0 Å². The van der Waals surface area contributed by atoms with Gasteiger partial charge in [0, 0.05) is 13.2 Å². The number of hydrogen-bond acceptors (Lipinski definition) is 3. The van der Waals surface area contributed by atoms with Gasteiger partial charge in [0.25, 0.3) is 0 Å². The lowest BCUT2D eigenvalue weighted by atomic mass is 10.1. The van der Waals surface area contributed by atoms with Crippen molar-refractivity contribution >= 4 is 12.0 Å². The van der Waals surface area contributed by atoms with Gasteiger partial charge in [0.15, 0.2) is 0 Å². The Hall–Kier alpha value is -2.02. The topological polar surface area (TPSA) is 55.8 Å². The summed E-state index contributed by atoms with van der Waals surface area (Å²) < 4.78 is 49.0. The lowest BCUT2D eigenvalue weighted by Gasteiger charge is -2.16. The van der Waals surface area contributed by atoms with Gasteiger partial charge in [0.2, 0.25) is 0 Å². The minimum absolute atomic E-state index is 0.0239. The number of carboxylic acid groups (broad SMARTS) is 1. The first-order chi connectivity index (χ1) is 9.74. The largest absolute Gasteiger partial charge is 0.490 e. The monoisotopic (exact) mass is 304 g/mol. The Labute approximate surface area is 119 Å². The van der Waals surface area contributed by atoms with Gasteiger partial charge in [-0.2, -0.15) is 13.2 Å². The lowest BCUT2D eigenvalue weighted by molar-refractivity contribution is -0.139.